The van der Waals surface area contributed by atoms with E-state index in [1.165, 1.54) is 0 Å². The monoisotopic (exact) mass is 542 g/mol. The summed E-state index contributed by atoms with van der Waals surface area (Å²) in [6.45, 7) is 14.4. The number of hydrogen-bond acceptors (Lipinski definition) is 5. The summed E-state index contributed by atoms with van der Waals surface area (Å²) in [4.78, 5) is 39.1. The lowest BCUT2D eigenvalue weighted by Crippen LogP contribution is -2.42. The van der Waals surface area contributed by atoms with E-state index >= 15 is 0 Å². The number of esters is 2. The summed E-state index contributed by atoms with van der Waals surface area (Å²) in [6.07, 6.45) is 2.25. The first-order chi connectivity index (χ1) is 19.6. The first-order valence-electron chi connectivity index (χ1n) is 13.3. The van der Waals surface area contributed by atoms with Crippen LogP contribution in [0, 0.1) is 27.7 Å². The Morgan fingerprint density at radius 3 is 1.46 bits per heavy atom. The second-order valence-corrected chi connectivity index (χ2v) is 10.3. The van der Waals surface area contributed by atoms with Gasteiger partial charge in [0.05, 0.1) is 0 Å². The highest BCUT2D eigenvalue weighted by Crippen LogP contribution is 2.52. The van der Waals surface area contributed by atoms with Crippen LogP contribution in [0.1, 0.15) is 49.3 Å². The summed E-state index contributed by atoms with van der Waals surface area (Å²) < 4.78 is 11.1. The Morgan fingerprint density at radius 2 is 1.02 bits per heavy atom. The predicted octanol–water partition coefficient (Wildman–Crippen LogP) is 7.30. The third-order valence-corrected chi connectivity index (χ3v) is 7.66. The molecule has 0 saturated heterocycles. The fourth-order valence-corrected chi connectivity index (χ4v) is 5.97. The molecule has 5 nitrogen and oxygen atoms in total. The van der Waals surface area contributed by atoms with Gasteiger partial charge in [0.2, 0.25) is 0 Å². The molecule has 4 aromatic carbocycles. The van der Waals surface area contributed by atoms with Crippen molar-refractivity contribution in [3.8, 4) is 22.6 Å². The zero-order valence-corrected chi connectivity index (χ0v) is 23.5. The molecule has 41 heavy (non-hydrogen) atoms. The van der Waals surface area contributed by atoms with Crippen LogP contribution < -0.4 is 9.47 Å². The topological polar surface area (TPSA) is 69.7 Å². The molecule has 5 heteroatoms. The molecule has 0 N–H and O–H groups in total. The summed E-state index contributed by atoms with van der Waals surface area (Å²) >= 11 is 0. The van der Waals surface area contributed by atoms with E-state index in [0.29, 0.717) is 39.3 Å². The highest BCUT2D eigenvalue weighted by Gasteiger charge is 2.49. The lowest BCUT2D eigenvalue weighted by Gasteiger charge is -2.40. The number of hydrogen-bond donors (Lipinski definition) is 0. The highest BCUT2D eigenvalue weighted by atomic mass is 16.5. The number of rotatable bonds is 6. The van der Waals surface area contributed by atoms with E-state index in [9.17, 15) is 14.4 Å². The van der Waals surface area contributed by atoms with Crippen molar-refractivity contribution in [2.45, 2.75) is 33.1 Å². The van der Waals surface area contributed by atoms with Gasteiger partial charge in [0.1, 0.15) is 16.9 Å². The second kappa shape index (κ2) is 10.5. The van der Waals surface area contributed by atoms with Crippen molar-refractivity contribution >= 4 is 17.7 Å². The van der Waals surface area contributed by atoms with E-state index in [2.05, 4.69) is 13.2 Å². The van der Waals surface area contributed by atoms with E-state index in [1.54, 1.807) is 0 Å². The zero-order valence-electron chi connectivity index (χ0n) is 23.5. The van der Waals surface area contributed by atoms with Crippen molar-refractivity contribution in [2.75, 3.05) is 0 Å². The van der Waals surface area contributed by atoms with Crippen molar-refractivity contribution in [1.82, 2.24) is 0 Å². The van der Waals surface area contributed by atoms with E-state index in [1.807, 2.05) is 100 Å². The summed E-state index contributed by atoms with van der Waals surface area (Å²) in [5.74, 6) is -0.309. The maximum atomic E-state index is 15.0. The lowest BCUT2D eigenvalue weighted by molar-refractivity contribution is -0.129. The van der Waals surface area contributed by atoms with E-state index in [-0.39, 0.29) is 5.78 Å². The molecule has 0 unspecified atom stereocenters. The maximum absolute atomic E-state index is 15.0. The SMILES string of the molecule is C=CC(=O)Oc1c(C)cc(C2(c3cc(C)c(OC(=O)C=C)c(C)c3)C(=O)c3ccccc3-c3ccccc32)cc1C. The first-order valence-corrected chi connectivity index (χ1v) is 13.3. The molecular weight excluding hydrogens is 512 g/mol. The number of aryl methyl sites for hydroxylation is 4. The summed E-state index contributed by atoms with van der Waals surface area (Å²) in [6, 6.07) is 23.2. The smallest absolute Gasteiger partial charge is 0.335 e. The van der Waals surface area contributed by atoms with Crippen LogP contribution in [-0.2, 0) is 15.0 Å². The van der Waals surface area contributed by atoms with Gasteiger partial charge in [-0.05, 0) is 77.8 Å². The minimum Gasteiger partial charge on any atom is -0.423 e. The molecule has 0 bridgehead atoms. The molecule has 0 saturated carbocycles. The molecule has 0 heterocycles. The fraction of sp³-hybridized carbons (Fsp3) is 0.139. The molecule has 0 fully saturated rings. The number of carbonyl (C=O) groups is 3. The maximum Gasteiger partial charge on any atom is 0.335 e. The Hall–Kier alpha value is -5.03. The highest BCUT2D eigenvalue weighted by molar-refractivity contribution is 6.16. The molecule has 4 aromatic rings. The average Bonchev–Trinajstić information content (AvgIpc) is 2.97. The Balaban J connectivity index is 1.88. The predicted molar refractivity (Wildman–Crippen MR) is 160 cm³/mol. The first kappa shape index (κ1) is 27.5. The van der Waals surface area contributed by atoms with Gasteiger partial charge in [0, 0.05) is 17.7 Å². The molecule has 0 amide bonds. The van der Waals surface area contributed by atoms with E-state index in [4.69, 9.17) is 9.47 Å². The van der Waals surface area contributed by atoms with Crippen molar-refractivity contribution in [3.05, 3.63) is 143 Å². The standard InChI is InChI=1S/C36H30O5/c1-7-31(37)40-33-21(3)17-25(18-22(33)4)36(26-19-23(5)34(24(6)20-26)41-32(38)8-2)30-16-12-11-14-28(30)27-13-9-10-15-29(27)35(36)39/h7-20H,1-2H2,3-6H3. The normalized spacial score (nSPS) is 13.0. The number of Topliss-reactive ketones (excluding diaryl/α,β-unsaturated/α-hetero) is 1. The van der Waals surface area contributed by atoms with Gasteiger partial charge in [-0.1, -0.05) is 86.0 Å². The molecule has 5 rings (SSSR count). The van der Waals surface area contributed by atoms with Gasteiger partial charge in [-0.25, -0.2) is 9.59 Å². The lowest BCUT2D eigenvalue weighted by atomic mass is 9.59. The average molecular weight is 543 g/mol. The van der Waals surface area contributed by atoms with Crippen molar-refractivity contribution < 1.29 is 23.9 Å². The van der Waals surface area contributed by atoms with Crippen LogP contribution in [0.15, 0.2) is 98.1 Å². The second-order valence-electron chi connectivity index (χ2n) is 10.3. The largest absolute Gasteiger partial charge is 0.423 e. The summed E-state index contributed by atoms with van der Waals surface area (Å²) in [5.41, 5.74) is 6.38. The Labute approximate surface area is 239 Å². The number of benzene rings is 4. The van der Waals surface area contributed by atoms with Crippen LogP contribution in [0.3, 0.4) is 0 Å². The zero-order chi connectivity index (χ0) is 29.5. The molecule has 0 aromatic heterocycles. The summed E-state index contributed by atoms with van der Waals surface area (Å²) in [7, 11) is 0. The third-order valence-electron chi connectivity index (χ3n) is 7.66. The van der Waals surface area contributed by atoms with Crippen LogP contribution in [0.25, 0.3) is 11.1 Å². The van der Waals surface area contributed by atoms with Crippen molar-refractivity contribution in [3.63, 3.8) is 0 Å². The van der Waals surface area contributed by atoms with Gasteiger partial charge >= 0.3 is 11.9 Å². The number of fused-ring (bicyclic) bond motifs is 3. The molecule has 0 radical (unpaired) electrons. The van der Waals surface area contributed by atoms with E-state index < -0.39 is 17.4 Å². The number of carbonyl (C=O) groups excluding carboxylic acids is 3. The Bertz CT molecular complexity index is 1650. The van der Waals surface area contributed by atoms with Gasteiger partial charge in [-0.3, -0.25) is 4.79 Å². The quantitative estimate of drug-likeness (QED) is 0.145. The van der Waals surface area contributed by atoms with Gasteiger partial charge < -0.3 is 9.47 Å². The summed E-state index contributed by atoms with van der Waals surface area (Å²) in [5, 5.41) is 0. The molecule has 1 aliphatic carbocycles. The van der Waals surface area contributed by atoms with Gasteiger partial charge in [0.25, 0.3) is 0 Å². The minimum atomic E-state index is -1.24. The van der Waals surface area contributed by atoms with Crippen LogP contribution in [0.4, 0.5) is 0 Å². The van der Waals surface area contributed by atoms with E-state index in [0.717, 1.165) is 40.0 Å². The minimum absolute atomic E-state index is 0.0731. The molecular formula is C36H30O5. The van der Waals surface area contributed by atoms with Crippen LogP contribution >= 0.6 is 0 Å². The molecule has 1 aliphatic rings. The number of ether oxygens (including phenoxy) is 2. The van der Waals surface area contributed by atoms with Gasteiger partial charge in [-0.2, -0.15) is 0 Å². The van der Waals surface area contributed by atoms with Gasteiger partial charge in [0.15, 0.2) is 5.78 Å². The van der Waals surface area contributed by atoms with Crippen molar-refractivity contribution in [1.29, 1.82) is 0 Å². The number of ketones is 1. The van der Waals surface area contributed by atoms with Gasteiger partial charge in [-0.15, -0.1) is 0 Å². The third kappa shape index (κ3) is 4.40. The molecule has 0 atom stereocenters. The molecule has 0 aliphatic heterocycles. The molecule has 0 spiro atoms. The van der Waals surface area contributed by atoms with Crippen LogP contribution in [0.2, 0.25) is 0 Å². The molecule has 204 valence electrons. The van der Waals surface area contributed by atoms with Crippen LogP contribution in [-0.4, -0.2) is 17.7 Å². The van der Waals surface area contributed by atoms with Crippen LogP contribution in [0.5, 0.6) is 11.5 Å². The fourth-order valence-electron chi connectivity index (χ4n) is 5.97. The van der Waals surface area contributed by atoms with Crippen molar-refractivity contribution in [2.24, 2.45) is 0 Å². The Morgan fingerprint density at radius 1 is 0.634 bits per heavy atom. The Kier molecular flexibility index (Phi) is 7.06.